The van der Waals surface area contributed by atoms with E-state index in [1.165, 1.54) is 4.90 Å². The number of amides is 3. The zero-order valence-corrected chi connectivity index (χ0v) is 17.0. The second kappa shape index (κ2) is 7.81. The van der Waals surface area contributed by atoms with E-state index in [-0.39, 0.29) is 22.6 Å². The van der Waals surface area contributed by atoms with Gasteiger partial charge >= 0.3 is 0 Å². The lowest BCUT2D eigenvalue weighted by molar-refractivity contribution is -0.129. The second-order valence-corrected chi connectivity index (χ2v) is 8.12. The number of carbonyl (C=O) groups excluding carboxylic acids is 3. The third-order valence-corrected chi connectivity index (χ3v) is 6.02. The minimum Gasteiger partial charge on any atom is -0.497 e. The van der Waals surface area contributed by atoms with E-state index in [1.54, 1.807) is 55.7 Å². The number of thiocarbonyl (C=S) groups is 1. The summed E-state index contributed by atoms with van der Waals surface area (Å²) >= 11 is 6.49. The van der Waals surface area contributed by atoms with Gasteiger partial charge in [-0.05, 0) is 35.9 Å². The Labute approximate surface area is 177 Å². The van der Waals surface area contributed by atoms with Crippen molar-refractivity contribution in [1.29, 1.82) is 0 Å². The zero-order valence-electron chi connectivity index (χ0n) is 15.4. The summed E-state index contributed by atoms with van der Waals surface area (Å²) in [7, 11) is 1.58. The molecule has 146 valence electrons. The van der Waals surface area contributed by atoms with Crippen molar-refractivity contribution in [2.75, 3.05) is 12.0 Å². The molecule has 0 bridgehead atoms. The summed E-state index contributed by atoms with van der Waals surface area (Å²) in [6, 6.07) is 15.0. The van der Waals surface area contributed by atoms with Crippen molar-refractivity contribution in [2.45, 2.75) is 12.5 Å². The summed E-state index contributed by atoms with van der Waals surface area (Å²) < 4.78 is 5.41. The minimum absolute atomic E-state index is 0.0873. The average molecular weight is 425 g/mol. The van der Waals surface area contributed by atoms with Crippen LogP contribution in [0.5, 0.6) is 5.75 Å². The Kier molecular flexibility index (Phi) is 5.21. The van der Waals surface area contributed by atoms with Crippen molar-refractivity contribution in [2.24, 2.45) is 0 Å². The number of methoxy groups -OCH3 is 1. The number of rotatable bonds is 4. The molecule has 2 aromatic rings. The van der Waals surface area contributed by atoms with Gasteiger partial charge in [0.1, 0.15) is 16.1 Å². The van der Waals surface area contributed by atoms with Gasteiger partial charge in [0.25, 0.3) is 11.8 Å². The van der Waals surface area contributed by atoms with Gasteiger partial charge in [-0.15, -0.1) is 0 Å². The van der Waals surface area contributed by atoms with Gasteiger partial charge in [-0.1, -0.05) is 54.3 Å². The van der Waals surface area contributed by atoms with Crippen molar-refractivity contribution >= 4 is 57.8 Å². The summed E-state index contributed by atoms with van der Waals surface area (Å²) in [5.74, 6) is -0.440. The summed E-state index contributed by atoms with van der Waals surface area (Å²) in [5, 5.41) is 0. The lowest BCUT2D eigenvalue weighted by atomic mass is 10.2. The molecule has 0 aromatic heterocycles. The number of hydrogen-bond donors (Lipinski definition) is 0. The molecule has 29 heavy (non-hydrogen) atoms. The van der Waals surface area contributed by atoms with E-state index >= 15 is 0 Å². The molecule has 2 aromatic carbocycles. The SMILES string of the molecule is COc1ccc(C=C2SC(=S)N(C3CC(=O)N(c4ccccc4)C3=O)C2=O)cc1. The number of carbonyl (C=O) groups is 3. The number of benzene rings is 2. The highest BCUT2D eigenvalue weighted by Gasteiger charge is 2.48. The van der Waals surface area contributed by atoms with Crippen LogP contribution in [-0.2, 0) is 14.4 Å². The highest BCUT2D eigenvalue weighted by atomic mass is 32.2. The third-order valence-electron chi connectivity index (χ3n) is 4.69. The quantitative estimate of drug-likeness (QED) is 0.427. The van der Waals surface area contributed by atoms with E-state index in [9.17, 15) is 14.4 Å². The first kappa shape index (κ1) is 19.4. The van der Waals surface area contributed by atoms with E-state index in [0.29, 0.717) is 16.3 Å². The standard InChI is InChI=1S/C21H16N2O4S2/c1-27-15-9-7-13(8-10-15)11-17-20(26)23(21(28)29-17)16-12-18(24)22(19(16)25)14-5-3-2-4-6-14/h2-11,16H,12H2,1H3. The molecule has 2 aliphatic rings. The van der Waals surface area contributed by atoms with Crippen LogP contribution in [0.3, 0.4) is 0 Å². The Morgan fingerprint density at radius 3 is 2.41 bits per heavy atom. The van der Waals surface area contributed by atoms with Crippen LogP contribution < -0.4 is 9.64 Å². The third kappa shape index (κ3) is 3.56. The Hall–Kier alpha value is -2.97. The molecule has 6 nitrogen and oxygen atoms in total. The van der Waals surface area contributed by atoms with Crippen LogP contribution in [0.25, 0.3) is 6.08 Å². The van der Waals surface area contributed by atoms with Gasteiger partial charge in [0, 0.05) is 0 Å². The van der Waals surface area contributed by atoms with Gasteiger partial charge in [-0.2, -0.15) is 0 Å². The van der Waals surface area contributed by atoms with Crippen LogP contribution in [0.1, 0.15) is 12.0 Å². The molecular weight excluding hydrogens is 408 g/mol. The van der Waals surface area contributed by atoms with E-state index in [4.69, 9.17) is 17.0 Å². The second-order valence-electron chi connectivity index (χ2n) is 6.45. The number of para-hydroxylation sites is 1. The Morgan fingerprint density at radius 1 is 1.07 bits per heavy atom. The molecule has 0 spiro atoms. The number of nitrogens with zero attached hydrogens (tertiary/aromatic N) is 2. The Balaban J connectivity index is 1.58. The molecule has 0 aliphatic carbocycles. The monoisotopic (exact) mass is 424 g/mol. The Bertz CT molecular complexity index is 1030. The lowest BCUT2D eigenvalue weighted by Gasteiger charge is -2.21. The maximum atomic E-state index is 13.0. The molecular formula is C21H16N2O4S2. The van der Waals surface area contributed by atoms with Gasteiger partial charge in [0.05, 0.1) is 24.1 Å². The zero-order chi connectivity index (χ0) is 20.5. The first-order chi connectivity index (χ1) is 14.0. The highest BCUT2D eigenvalue weighted by molar-refractivity contribution is 8.26. The van der Waals surface area contributed by atoms with Gasteiger partial charge in [-0.3, -0.25) is 19.3 Å². The van der Waals surface area contributed by atoms with Crippen molar-refractivity contribution in [3.8, 4) is 5.75 Å². The number of thioether (sulfide) groups is 1. The lowest BCUT2D eigenvalue weighted by Crippen LogP contribution is -2.44. The predicted octanol–water partition coefficient (Wildman–Crippen LogP) is 3.23. The molecule has 8 heteroatoms. The first-order valence-electron chi connectivity index (χ1n) is 8.82. The van der Waals surface area contributed by atoms with E-state index < -0.39 is 11.9 Å². The fourth-order valence-electron chi connectivity index (χ4n) is 3.27. The topological polar surface area (TPSA) is 66.9 Å². The summed E-state index contributed by atoms with van der Waals surface area (Å²) in [6.07, 6.45) is 1.63. The van der Waals surface area contributed by atoms with Crippen molar-refractivity contribution in [3.63, 3.8) is 0 Å². The van der Waals surface area contributed by atoms with Crippen LogP contribution in [0.2, 0.25) is 0 Å². The molecule has 2 aliphatic heterocycles. The number of ether oxygens (including phenoxy) is 1. The largest absolute Gasteiger partial charge is 0.497 e. The van der Waals surface area contributed by atoms with E-state index in [2.05, 4.69) is 0 Å². The molecule has 2 fully saturated rings. The maximum absolute atomic E-state index is 13.0. The maximum Gasteiger partial charge on any atom is 0.266 e. The summed E-state index contributed by atoms with van der Waals surface area (Å²) in [5.41, 5.74) is 1.30. The smallest absolute Gasteiger partial charge is 0.266 e. The van der Waals surface area contributed by atoms with Crippen molar-refractivity contribution < 1.29 is 19.1 Å². The number of imide groups is 1. The molecule has 3 amide bonds. The molecule has 1 atom stereocenters. The average Bonchev–Trinajstić information content (AvgIpc) is 3.17. The van der Waals surface area contributed by atoms with Gasteiger partial charge < -0.3 is 4.74 Å². The first-order valence-corrected chi connectivity index (χ1v) is 10.0. The molecule has 0 radical (unpaired) electrons. The van der Waals surface area contributed by atoms with Crippen LogP contribution in [-0.4, -0.2) is 40.1 Å². The normalized spacial score (nSPS) is 20.9. The van der Waals surface area contributed by atoms with Crippen LogP contribution in [0, 0.1) is 0 Å². The van der Waals surface area contributed by atoms with Crippen LogP contribution in [0.4, 0.5) is 5.69 Å². The van der Waals surface area contributed by atoms with Crippen LogP contribution >= 0.6 is 24.0 Å². The molecule has 2 heterocycles. The predicted molar refractivity (Wildman–Crippen MR) is 115 cm³/mol. The minimum atomic E-state index is -0.919. The number of anilines is 1. The Morgan fingerprint density at radius 2 is 1.76 bits per heavy atom. The molecule has 0 N–H and O–H groups in total. The van der Waals surface area contributed by atoms with E-state index in [1.807, 2.05) is 12.1 Å². The van der Waals surface area contributed by atoms with Crippen molar-refractivity contribution in [1.82, 2.24) is 4.90 Å². The highest BCUT2D eigenvalue weighted by Crippen LogP contribution is 2.37. The van der Waals surface area contributed by atoms with Crippen molar-refractivity contribution in [3.05, 3.63) is 65.1 Å². The molecule has 2 saturated heterocycles. The molecule has 4 rings (SSSR count). The summed E-state index contributed by atoms with van der Waals surface area (Å²) in [6.45, 7) is 0. The van der Waals surface area contributed by atoms with Gasteiger partial charge in [0.2, 0.25) is 5.91 Å². The fraction of sp³-hybridized carbons (Fsp3) is 0.143. The molecule has 1 unspecified atom stereocenters. The van der Waals surface area contributed by atoms with Gasteiger partial charge in [-0.25, -0.2) is 4.90 Å². The fourth-order valence-corrected chi connectivity index (χ4v) is 4.62. The van der Waals surface area contributed by atoms with Gasteiger partial charge in [0.15, 0.2) is 0 Å². The summed E-state index contributed by atoms with van der Waals surface area (Å²) in [4.78, 5) is 41.2. The number of hydrogen-bond acceptors (Lipinski definition) is 6. The van der Waals surface area contributed by atoms with E-state index in [0.717, 1.165) is 22.2 Å². The molecule has 0 saturated carbocycles. The van der Waals surface area contributed by atoms with Crippen LogP contribution in [0.15, 0.2) is 59.5 Å².